The molecule has 70 valence electrons. The largest absolute Gasteiger partial charge is 0.358 e. The van der Waals surface area contributed by atoms with Gasteiger partial charge in [-0.25, -0.2) is 0 Å². The Morgan fingerprint density at radius 2 is 1.83 bits per heavy atom. The van der Waals surface area contributed by atoms with Gasteiger partial charge in [0, 0.05) is 7.05 Å². The van der Waals surface area contributed by atoms with Crippen molar-refractivity contribution in [2.75, 3.05) is 21.1 Å². The summed E-state index contributed by atoms with van der Waals surface area (Å²) < 4.78 is 0. The average molecular weight is 170 g/mol. The smallest absolute Gasteiger partial charge is 0.240 e. The van der Waals surface area contributed by atoms with Crippen LogP contribution in [0.25, 0.3) is 0 Å². The van der Waals surface area contributed by atoms with Gasteiger partial charge in [0.15, 0.2) is 0 Å². The van der Waals surface area contributed by atoms with E-state index in [-0.39, 0.29) is 11.4 Å². The molecule has 0 radical (unpaired) electrons. The lowest BCUT2D eigenvalue weighted by Crippen LogP contribution is -2.53. The Bertz CT molecular complexity index is 171. The monoisotopic (exact) mass is 170 g/mol. The number of nitrogens with one attached hydrogen (secondary N) is 1. The number of hydrogen-bond acceptors (Lipinski definition) is 2. The molecular formula is C9H18N2O. The summed E-state index contributed by atoms with van der Waals surface area (Å²) in [6, 6.07) is 0. The minimum atomic E-state index is -0.214. The van der Waals surface area contributed by atoms with Crippen LogP contribution in [0.2, 0.25) is 0 Å². The van der Waals surface area contributed by atoms with Crippen LogP contribution in [0.3, 0.4) is 0 Å². The van der Waals surface area contributed by atoms with Crippen LogP contribution in [0.5, 0.6) is 0 Å². The molecular weight excluding hydrogens is 152 g/mol. The highest BCUT2D eigenvalue weighted by atomic mass is 16.2. The van der Waals surface area contributed by atoms with Gasteiger partial charge in [-0.3, -0.25) is 9.69 Å². The molecule has 0 saturated heterocycles. The molecule has 1 aliphatic carbocycles. The molecule has 1 rings (SSSR count). The van der Waals surface area contributed by atoms with Gasteiger partial charge in [-0.1, -0.05) is 12.8 Å². The molecule has 0 aromatic heterocycles. The Hall–Kier alpha value is -0.570. The summed E-state index contributed by atoms with van der Waals surface area (Å²) in [4.78, 5) is 13.7. The average Bonchev–Trinajstić information content (AvgIpc) is 2.52. The summed E-state index contributed by atoms with van der Waals surface area (Å²) in [6.07, 6.45) is 4.34. The Morgan fingerprint density at radius 3 is 2.17 bits per heavy atom. The predicted molar refractivity (Wildman–Crippen MR) is 49.0 cm³/mol. The highest BCUT2D eigenvalue weighted by Gasteiger charge is 2.42. The fourth-order valence-corrected chi connectivity index (χ4v) is 2.07. The standard InChI is InChI=1S/C9H18N2O/c1-10-8(12)9(11(2)3)6-4-5-7-9/h4-7H2,1-3H3,(H,10,12). The second-order valence-electron chi connectivity index (χ2n) is 3.71. The molecule has 12 heavy (non-hydrogen) atoms. The van der Waals surface area contributed by atoms with E-state index in [4.69, 9.17) is 0 Å². The summed E-state index contributed by atoms with van der Waals surface area (Å²) in [5.74, 6) is 0.171. The molecule has 0 spiro atoms. The molecule has 1 amide bonds. The molecule has 0 aromatic carbocycles. The number of amides is 1. The van der Waals surface area contributed by atoms with Crippen LogP contribution in [0, 0.1) is 0 Å². The van der Waals surface area contributed by atoms with E-state index in [0.29, 0.717) is 0 Å². The minimum absolute atomic E-state index is 0.171. The maximum absolute atomic E-state index is 11.6. The van der Waals surface area contributed by atoms with E-state index in [1.807, 2.05) is 14.1 Å². The topological polar surface area (TPSA) is 32.3 Å². The van der Waals surface area contributed by atoms with Crippen molar-refractivity contribution >= 4 is 5.91 Å². The Balaban J connectivity index is 2.78. The van der Waals surface area contributed by atoms with Gasteiger partial charge >= 0.3 is 0 Å². The van der Waals surface area contributed by atoms with E-state index in [2.05, 4.69) is 10.2 Å². The van der Waals surface area contributed by atoms with Gasteiger partial charge in [-0.15, -0.1) is 0 Å². The van der Waals surface area contributed by atoms with E-state index >= 15 is 0 Å². The summed E-state index contributed by atoms with van der Waals surface area (Å²) in [7, 11) is 5.69. The lowest BCUT2D eigenvalue weighted by molar-refractivity contribution is -0.131. The number of likely N-dealkylation sites (N-methyl/N-ethyl adjacent to an activating group) is 2. The van der Waals surface area contributed by atoms with Gasteiger partial charge in [0.2, 0.25) is 5.91 Å². The molecule has 1 aliphatic rings. The molecule has 0 heterocycles. The van der Waals surface area contributed by atoms with Crippen molar-refractivity contribution in [2.24, 2.45) is 0 Å². The molecule has 0 aromatic rings. The van der Waals surface area contributed by atoms with Gasteiger partial charge in [0.25, 0.3) is 0 Å². The van der Waals surface area contributed by atoms with Crippen molar-refractivity contribution in [3.05, 3.63) is 0 Å². The van der Waals surface area contributed by atoms with E-state index in [1.54, 1.807) is 7.05 Å². The Morgan fingerprint density at radius 1 is 1.33 bits per heavy atom. The van der Waals surface area contributed by atoms with E-state index in [1.165, 1.54) is 12.8 Å². The second-order valence-corrected chi connectivity index (χ2v) is 3.71. The molecule has 0 atom stereocenters. The number of hydrogen-bond donors (Lipinski definition) is 1. The molecule has 1 saturated carbocycles. The van der Waals surface area contributed by atoms with Crippen molar-refractivity contribution in [1.29, 1.82) is 0 Å². The number of rotatable bonds is 2. The van der Waals surface area contributed by atoms with Crippen LogP contribution >= 0.6 is 0 Å². The van der Waals surface area contributed by atoms with Gasteiger partial charge in [-0.2, -0.15) is 0 Å². The first-order chi connectivity index (χ1) is 5.63. The SMILES string of the molecule is CNC(=O)C1(N(C)C)CCCC1. The zero-order chi connectivity index (χ0) is 9.19. The zero-order valence-corrected chi connectivity index (χ0v) is 8.18. The molecule has 3 heteroatoms. The molecule has 1 fully saturated rings. The predicted octanol–water partition coefficient (Wildman–Crippen LogP) is 0.607. The third-order valence-corrected chi connectivity index (χ3v) is 2.94. The van der Waals surface area contributed by atoms with Crippen molar-refractivity contribution in [2.45, 2.75) is 31.2 Å². The second kappa shape index (κ2) is 3.44. The molecule has 3 nitrogen and oxygen atoms in total. The van der Waals surface area contributed by atoms with Crippen LogP contribution in [0.1, 0.15) is 25.7 Å². The van der Waals surface area contributed by atoms with E-state index < -0.39 is 0 Å². The lowest BCUT2D eigenvalue weighted by atomic mass is 9.95. The first kappa shape index (κ1) is 9.52. The Labute approximate surface area is 74.1 Å². The van der Waals surface area contributed by atoms with Crippen LogP contribution in [0.15, 0.2) is 0 Å². The summed E-state index contributed by atoms with van der Waals surface area (Å²) in [6.45, 7) is 0. The number of nitrogens with zero attached hydrogens (tertiary/aromatic N) is 1. The summed E-state index contributed by atoms with van der Waals surface area (Å²) >= 11 is 0. The fraction of sp³-hybridized carbons (Fsp3) is 0.889. The van der Waals surface area contributed by atoms with Gasteiger partial charge < -0.3 is 5.32 Å². The highest BCUT2D eigenvalue weighted by molar-refractivity contribution is 5.86. The minimum Gasteiger partial charge on any atom is -0.358 e. The summed E-state index contributed by atoms with van der Waals surface area (Å²) in [5, 5.41) is 2.75. The fourth-order valence-electron chi connectivity index (χ4n) is 2.07. The first-order valence-corrected chi connectivity index (χ1v) is 4.53. The van der Waals surface area contributed by atoms with E-state index in [9.17, 15) is 4.79 Å². The highest BCUT2D eigenvalue weighted by Crippen LogP contribution is 2.33. The lowest BCUT2D eigenvalue weighted by Gasteiger charge is -2.34. The molecule has 0 unspecified atom stereocenters. The number of carbonyl (C=O) groups is 1. The maximum Gasteiger partial charge on any atom is 0.240 e. The van der Waals surface area contributed by atoms with Crippen molar-refractivity contribution in [1.82, 2.24) is 10.2 Å². The zero-order valence-electron chi connectivity index (χ0n) is 8.18. The number of carbonyl (C=O) groups excluding carboxylic acids is 1. The maximum atomic E-state index is 11.6. The van der Waals surface area contributed by atoms with Gasteiger partial charge in [0.05, 0.1) is 5.54 Å². The van der Waals surface area contributed by atoms with Crippen molar-refractivity contribution in [3.8, 4) is 0 Å². The van der Waals surface area contributed by atoms with Gasteiger partial charge in [-0.05, 0) is 26.9 Å². The normalized spacial score (nSPS) is 21.3. The van der Waals surface area contributed by atoms with Crippen molar-refractivity contribution < 1.29 is 4.79 Å². The quantitative estimate of drug-likeness (QED) is 0.658. The van der Waals surface area contributed by atoms with Crippen LogP contribution in [-0.4, -0.2) is 37.5 Å². The summed E-state index contributed by atoms with van der Waals surface area (Å²) in [5.41, 5.74) is -0.214. The molecule has 1 N–H and O–H groups in total. The third kappa shape index (κ3) is 1.33. The van der Waals surface area contributed by atoms with Crippen LogP contribution < -0.4 is 5.32 Å². The molecule has 0 bridgehead atoms. The van der Waals surface area contributed by atoms with Gasteiger partial charge in [0.1, 0.15) is 0 Å². The van der Waals surface area contributed by atoms with Crippen LogP contribution in [0.4, 0.5) is 0 Å². The first-order valence-electron chi connectivity index (χ1n) is 4.53. The Kier molecular flexibility index (Phi) is 2.73. The third-order valence-electron chi connectivity index (χ3n) is 2.94. The van der Waals surface area contributed by atoms with Crippen LogP contribution in [-0.2, 0) is 4.79 Å². The molecule has 0 aliphatic heterocycles. The van der Waals surface area contributed by atoms with Crippen molar-refractivity contribution in [3.63, 3.8) is 0 Å². The van der Waals surface area contributed by atoms with E-state index in [0.717, 1.165) is 12.8 Å².